The Balaban J connectivity index is 1.30. The number of nitrogens with one attached hydrogen (secondary N) is 4. The molecule has 2 aliphatic rings. The van der Waals surface area contributed by atoms with Gasteiger partial charge in [0.15, 0.2) is 0 Å². The van der Waals surface area contributed by atoms with Crippen molar-refractivity contribution >= 4 is 34.3 Å². The number of halogens is 1. The summed E-state index contributed by atoms with van der Waals surface area (Å²) < 4.78 is 19.8. The Labute approximate surface area is 212 Å². The number of ether oxygens (including phenoxy) is 1. The molecule has 3 amide bonds. The van der Waals surface area contributed by atoms with Crippen molar-refractivity contribution in [2.45, 2.75) is 43.7 Å². The highest BCUT2D eigenvalue weighted by atomic mass is 19.1. The zero-order chi connectivity index (χ0) is 26.1. The fourth-order valence-corrected chi connectivity index (χ4v) is 4.81. The molecule has 4 N–H and O–H groups in total. The molecule has 0 bridgehead atoms. The van der Waals surface area contributed by atoms with Crippen molar-refractivity contribution in [2.75, 3.05) is 12.4 Å². The van der Waals surface area contributed by atoms with Crippen LogP contribution in [-0.4, -0.2) is 41.9 Å². The van der Waals surface area contributed by atoms with Gasteiger partial charge >= 0.3 is 0 Å². The number of fused-ring (bicyclic) bond motifs is 2. The van der Waals surface area contributed by atoms with Gasteiger partial charge in [0.05, 0.1) is 19.1 Å². The summed E-state index contributed by atoms with van der Waals surface area (Å²) in [6.07, 6.45) is 2.26. The summed E-state index contributed by atoms with van der Waals surface area (Å²) in [4.78, 5) is 41.8. The SMILES string of the molecule is COc1cccc2[nH]c(C(=O)NC(CC3CC3)C(=O)NC(C#N)CC3C(=O)Nc4cccc(F)c43)cc12. The van der Waals surface area contributed by atoms with Crippen molar-refractivity contribution in [1.29, 1.82) is 5.26 Å². The molecule has 3 unspecified atom stereocenters. The van der Waals surface area contributed by atoms with Crippen LogP contribution in [0.5, 0.6) is 5.75 Å². The highest BCUT2D eigenvalue weighted by Crippen LogP contribution is 2.37. The molecule has 1 saturated carbocycles. The maximum Gasteiger partial charge on any atom is 0.268 e. The Morgan fingerprint density at radius 3 is 2.70 bits per heavy atom. The van der Waals surface area contributed by atoms with E-state index in [9.17, 15) is 24.0 Å². The van der Waals surface area contributed by atoms with E-state index in [1.54, 1.807) is 31.4 Å². The molecule has 10 heteroatoms. The summed E-state index contributed by atoms with van der Waals surface area (Å²) in [7, 11) is 1.55. The smallest absolute Gasteiger partial charge is 0.268 e. The molecule has 1 aromatic heterocycles. The molecule has 3 aromatic rings. The third-order valence-electron chi connectivity index (χ3n) is 6.90. The molecular formula is C27H26FN5O4. The number of rotatable bonds is 9. The zero-order valence-electron chi connectivity index (χ0n) is 20.1. The molecule has 1 fully saturated rings. The highest BCUT2D eigenvalue weighted by molar-refractivity contribution is 6.03. The van der Waals surface area contributed by atoms with Crippen LogP contribution in [0.2, 0.25) is 0 Å². The maximum atomic E-state index is 14.4. The number of carbonyl (C=O) groups excluding carboxylic acids is 3. The van der Waals surface area contributed by atoms with E-state index in [-0.39, 0.29) is 17.7 Å². The minimum absolute atomic E-state index is 0.0894. The lowest BCUT2D eigenvalue weighted by atomic mass is 9.93. The number of methoxy groups -OCH3 is 1. The molecular weight excluding hydrogens is 477 g/mol. The quantitative estimate of drug-likeness (QED) is 0.355. The summed E-state index contributed by atoms with van der Waals surface area (Å²) in [6, 6.07) is 11.5. The van der Waals surface area contributed by atoms with E-state index in [1.807, 2.05) is 12.1 Å². The first-order chi connectivity index (χ1) is 17.9. The maximum absolute atomic E-state index is 14.4. The number of benzene rings is 2. The second-order valence-corrected chi connectivity index (χ2v) is 9.48. The number of H-pyrrole nitrogens is 1. The Morgan fingerprint density at radius 1 is 1.19 bits per heavy atom. The molecule has 37 heavy (non-hydrogen) atoms. The van der Waals surface area contributed by atoms with E-state index >= 15 is 0 Å². The van der Waals surface area contributed by atoms with E-state index < -0.39 is 41.5 Å². The van der Waals surface area contributed by atoms with E-state index in [0.29, 0.717) is 23.8 Å². The third kappa shape index (κ3) is 4.98. The molecule has 5 rings (SSSR count). The summed E-state index contributed by atoms with van der Waals surface area (Å²) >= 11 is 0. The van der Waals surface area contributed by atoms with Crippen LogP contribution in [0.25, 0.3) is 10.9 Å². The average Bonchev–Trinajstić information content (AvgIpc) is 3.49. The second kappa shape index (κ2) is 9.93. The minimum atomic E-state index is -1.05. The lowest BCUT2D eigenvalue weighted by Gasteiger charge is -2.21. The molecule has 9 nitrogen and oxygen atoms in total. The number of hydrogen-bond acceptors (Lipinski definition) is 5. The van der Waals surface area contributed by atoms with Gasteiger partial charge in [0.1, 0.15) is 29.3 Å². The number of aromatic nitrogens is 1. The standard InChI is InChI=1S/C27H26FN5O4/c1-37-23-7-3-5-19-16(23)12-22(31-19)27(36)33-21(10-14-8-9-14)26(35)30-15(13-29)11-17-24-18(28)4-2-6-20(24)32-25(17)34/h2-7,12,14-15,17,21,31H,8-11H2,1H3,(H,30,35)(H,32,34)(H,33,36). The van der Waals surface area contributed by atoms with Crippen LogP contribution in [0.1, 0.15) is 47.7 Å². The topological polar surface area (TPSA) is 136 Å². The van der Waals surface area contributed by atoms with E-state index in [2.05, 4.69) is 20.9 Å². The second-order valence-electron chi connectivity index (χ2n) is 9.48. The molecule has 2 aromatic carbocycles. The van der Waals surface area contributed by atoms with Crippen LogP contribution in [0.3, 0.4) is 0 Å². The van der Waals surface area contributed by atoms with Crippen molar-refractivity contribution in [3.63, 3.8) is 0 Å². The number of anilines is 1. The predicted molar refractivity (Wildman–Crippen MR) is 133 cm³/mol. The van der Waals surface area contributed by atoms with Crippen LogP contribution in [0, 0.1) is 23.1 Å². The first kappa shape index (κ1) is 24.3. The molecule has 3 atom stereocenters. The van der Waals surface area contributed by atoms with Gasteiger partial charge in [0, 0.05) is 22.2 Å². The van der Waals surface area contributed by atoms with Crippen LogP contribution in [0.15, 0.2) is 42.5 Å². The molecule has 1 aliphatic carbocycles. The summed E-state index contributed by atoms with van der Waals surface area (Å²) in [6.45, 7) is 0. The van der Waals surface area contributed by atoms with E-state index in [4.69, 9.17) is 4.74 Å². The monoisotopic (exact) mass is 503 g/mol. The number of amides is 3. The van der Waals surface area contributed by atoms with Gasteiger partial charge in [0.2, 0.25) is 11.8 Å². The molecule has 0 radical (unpaired) electrons. The molecule has 2 heterocycles. The largest absolute Gasteiger partial charge is 0.496 e. The average molecular weight is 504 g/mol. The lowest BCUT2D eigenvalue weighted by molar-refractivity contribution is -0.124. The van der Waals surface area contributed by atoms with Crippen LogP contribution in [0.4, 0.5) is 10.1 Å². The van der Waals surface area contributed by atoms with Gasteiger partial charge in [-0.3, -0.25) is 14.4 Å². The van der Waals surface area contributed by atoms with Gasteiger partial charge < -0.3 is 25.7 Å². The van der Waals surface area contributed by atoms with Crippen LogP contribution >= 0.6 is 0 Å². The fraction of sp³-hybridized carbons (Fsp3) is 0.333. The van der Waals surface area contributed by atoms with Crippen molar-refractivity contribution < 1.29 is 23.5 Å². The number of aromatic amines is 1. The Morgan fingerprint density at radius 2 is 1.97 bits per heavy atom. The first-order valence-electron chi connectivity index (χ1n) is 12.1. The van der Waals surface area contributed by atoms with Gasteiger partial charge in [0.25, 0.3) is 5.91 Å². The van der Waals surface area contributed by atoms with E-state index in [0.717, 1.165) is 23.7 Å². The zero-order valence-corrected chi connectivity index (χ0v) is 20.1. The number of carbonyl (C=O) groups is 3. The summed E-state index contributed by atoms with van der Waals surface area (Å²) in [5, 5.41) is 18.5. The Hall–Kier alpha value is -4.39. The Kier molecular flexibility index (Phi) is 6.53. The van der Waals surface area contributed by atoms with Gasteiger partial charge in [-0.25, -0.2) is 4.39 Å². The van der Waals surface area contributed by atoms with E-state index in [1.165, 1.54) is 12.1 Å². The third-order valence-corrected chi connectivity index (χ3v) is 6.90. The number of nitrogens with zero attached hydrogens (tertiary/aromatic N) is 1. The number of nitriles is 1. The van der Waals surface area contributed by atoms with Gasteiger partial charge in [-0.15, -0.1) is 0 Å². The summed E-state index contributed by atoms with van der Waals surface area (Å²) in [5.74, 6) is -1.93. The minimum Gasteiger partial charge on any atom is -0.496 e. The first-order valence-corrected chi connectivity index (χ1v) is 12.1. The van der Waals surface area contributed by atoms with Gasteiger partial charge in [-0.05, 0) is 49.1 Å². The molecule has 190 valence electrons. The van der Waals surface area contributed by atoms with Gasteiger partial charge in [-0.1, -0.05) is 25.0 Å². The van der Waals surface area contributed by atoms with Gasteiger partial charge in [-0.2, -0.15) is 5.26 Å². The fourth-order valence-electron chi connectivity index (χ4n) is 4.81. The molecule has 0 saturated heterocycles. The Bertz CT molecular complexity index is 1420. The van der Waals surface area contributed by atoms with Crippen molar-refractivity contribution in [2.24, 2.45) is 5.92 Å². The van der Waals surface area contributed by atoms with Crippen molar-refractivity contribution in [3.05, 3.63) is 59.5 Å². The van der Waals surface area contributed by atoms with Crippen LogP contribution in [-0.2, 0) is 9.59 Å². The highest BCUT2D eigenvalue weighted by Gasteiger charge is 2.37. The normalized spacial score (nSPS) is 17.9. The summed E-state index contributed by atoms with van der Waals surface area (Å²) in [5.41, 5.74) is 1.56. The van der Waals surface area contributed by atoms with Crippen molar-refractivity contribution in [3.8, 4) is 11.8 Å². The number of hydrogen-bond donors (Lipinski definition) is 4. The molecule has 1 aliphatic heterocycles. The van der Waals surface area contributed by atoms with Crippen molar-refractivity contribution in [1.82, 2.24) is 15.6 Å². The lowest BCUT2D eigenvalue weighted by Crippen LogP contribution is -2.50. The predicted octanol–water partition coefficient (Wildman–Crippen LogP) is 3.35. The molecule has 0 spiro atoms. The van der Waals surface area contributed by atoms with Crippen LogP contribution < -0.4 is 20.7 Å².